The van der Waals surface area contributed by atoms with Crippen molar-refractivity contribution in [3.63, 3.8) is 0 Å². The molecule has 0 amide bonds. The molecular formula is Br2CaO. The molecule has 0 aliphatic heterocycles. The summed E-state index contributed by atoms with van der Waals surface area (Å²) in [5.74, 6) is 0. The fourth-order valence-corrected chi connectivity index (χ4v) is 0. The molecule has 0 bridgehead atoms. The fourth-order valence-electron chi connectivity index (χ4n) is 0. The average molecular weight is 216 g/mol. The zero-order chi connectivity index (χ0) is 2.71. The first-order chi connectivity index (χ1) is 1.41. The monoisotopic (exact) mass is 214 g/mol. The van der Waals surface area contributed by atoms with E-state index in [-0.39, 0.29) is 37.7 Å². The Morgan fingerprint density at radius 3 is 1.25 bits per heavy atom. The average Bonchev–Trinajstić information content (AvgIpc) is 0.918. The molecule has 0 aromatic rings. The molecule has 4 heteroatoms. The third-order valence-corrected chi connectivity index (χ3v) is 0. The van der Waals surface area contributed by atoms with Crippen LogP contribution in [0.3, 0.4) is 0 Å². The molecule has 0 saturated heterocycles. The van der Waals surface area contributed by atoms with Crippen LogP contribution in [0.4, 0.5) is 0 Å². The number of hydrogen-bond acceptors (Lipinski definition) is 1. The second-order valence-electron chi connectivity index (χ2n) is 0.0583. The van der Waals surface area contributed by atoms with Crippen molar-refractivity contribution in [2.45, 2.75) is 0 Å². The van der Waals surface area contributed by atoms with E-state index in [1.54, 1.807) is 0 Å². The Morgan fingerprint density at radius 1 is 1.25 bits per heavy atom. The van der Waals surface area contributed by atoms with Crippen LogP contribution in [0, 0.1) is 0 Å². The molecule has 22 valence electrons. The molecule has 0 N–H and O–H groups in total. The van der Waals surface area contributed by atoms with Crippen molar-refractivity contribution < 1.29 is 2.92 Å². The number of halogens is 2. The summed E-state index contributed by atoms with van der Waals surface area (Å²) < 4.78 is 3.88. The van der Waals surface area contributed by atoms with E-state index in [4.69, 9.17) is 0 Å². The van der Waals surface area contributed by atoms with Crippen LogP contribution in [0.25, 0.3) is 0 Å². The van der Waals surface area contributed by atoms with Gasteiger partial charge in [-0.1, -0.05) is 0 Å². The zero-order valence-corrected chi connectivity index (χ0v) is 7.25. The third-order valence-electron chi connectivity index (χ3n) is 0. The van der Waals surface area contributed by atoms with Gasteiger partial charge in [0.15, 0.2) is 0 Å². The van der Waals surface area contributed by atoms with Gasteiger partial charge in [0.1, 0.15) is 32.5 Å². The molecule has 0 aliphatic carbocycles. The maximum atomic E-state index is 3.88. The van der Waals surface area contributed by atoms with E-state index in [1.807, 2.05) is 0 Å². The van der Waals surface area contributed by atoms with Gasteiger partial charge in [-0.2, -0.15) is 0 Å². The molecule has 0 aromatic heterocycles. The normalized spacial score (nSPS) is 4.50. The molecule has 4 heavy (non-hydrogen) atoms. The van der Waals surface area contributed by atoms with Crippen LogP contribution >= 0.6 is 32.5 Å². The quantitative estimate of drug-likeness (QED) is 0.553. The molecular weight excluding hydrogens is 216 g/mol. The third kappa shape index (κ3) is 8.89. The van der Waals surface area contributed by atoms with Crippen molar-refractivity contribution in [3.8, 4) is 0 Å². The molecule has 1 nitrogen and oxygen atoms in total. The van der Waals surface area contributed by atoms with Crippen LogP contribution in [-0.2, 0) is 2.92 Å². The SMILES string of the molecule is BrOBr.[Ca]. The Bertz CT molecular complexity index is 6.00. The summed E-state index contributed by atoms with van der Waals surface area (Å²) in [7, 11) is 0. The van der Waals surface area contributed by atoms with E-state index in [1.165, 1.54) is 0 Å². The van der Waals surface area contributed by atoms with Gasteiger partial charge in [-0.15, -0.1) is 0 Å². The van der Waals surface area contributed by atoms with E-state index in [2.05, 4.69) is 35.4 Å². The molecule has 0 aromatic carbocycles. The Kier molecular flexibility index (Phi) is 21.2. The summed E-state index contributed by atoms with van der Waals surface area (Å²) in [6.45, 7) is 0. The van der Waals surface area contributed by atoms with E-state index < -0.39 is 0 Å². The number of hydrogen-bond donors (Lipinski definition) is 0. The largest absolute Gasteiger partial charge is 0.230 e. The maximum Gasteiger partial charge on any atom is 0.115 e. The zero-order valence-electron chi connectivity index (χ0n) is 1.87. The Hall–Kier alpha value is 2.18. The molecule has 2 radical (unpaired) electrons. The second kappa shape index (κ2) is 8.95. The Morgan fingerprint density at radius 2 is 1.25 bits per heavy atom. The van der Waals surface area contributed by atoms with Crippen LogP contribution < -0.4 is 0 Å². The Labute approximate surface area is 72.0 Å². The van der Waals surface area contributed by atoms with Crippen molar-refractivity contribution >= 4 is 70.3 Å². The predicted octanol–water partition coefficient (Wildman–Crippen LogP) is 1.24. The van der Waals surface area contributed by atoms with E-state index in [0.717, 1.165) is 0 Å². The maximum absolute atomic E-state index is 3.88. The van der Waals surface area contributed by atoms with Gasteiger partial charge in [0, 0.05) is 37.7 Å². The number of rotatable bonds is 0. The molecule has 0 unspecified atom stereocenters. The summed E-state index contributed by atoms with van der Waals surface area (Å²) in [6.07, 6.45) is 0. The molecule has 0 spiro atoms. The standard InChI is InChI=1S/Br2O.Ca/c1-3-2;. The summed E-state index contributed by atoms with van der Waals surface area (Å²) >= 11 is 5.12. The first-order valence-corrected chi connectivity index (χ1v) is 1.60. The van der Waals surface area contributed by atoms with Crippen LogP contribution in [0.2, 0.25) is 0 Å². The predicted molar refractivity (Wildman–Crippen MR) is 24.7 cm³/mol. The van der Waals surface area contributed by atoms with Gasteiger partial charge in [-0.25, -0.2) is 2.92 Å². The fraction of sp³-hybridized carbons (Fsp3) is 0. The van der Waals surface area contributed by atoms with Crippen molar-refractivity contribution in [2.75, 3.05) is 0 Å². The Balaban J connectivity index is 0. The summed E-state index contributed by atoms with van der Waals surface area (Å²) in [5.41, 5.74) is 0. The first-order valence-electron chi connectivity index (χ1n) is 0.309. The first kappa shape index (κ1) is 9.49. The van der Waals surface area contributed by atoms with Gasteiger partial charge in [0.2, 0.25) is 0 Å². The molecule has 0 atom stereocenters. The van der Waals surface area contributed by atoms with Crippen LogP contribution in [-0.4, -0.2) is 37.7 Å². The van der Waals surface area contributed by atoms with Crippen molar-refractivity contribution in [3.05, 3.63) is 0 Å². The van der Waals surface area contributed by atoms with E-state index in [0.29, 0.717) is 0 Å². The van der Waals surface area contributed by atoms with Gasteiger partial charge >= 0.3 is 0 Å². The smallest absolute Gasteiger partial charge is 0.115 e. The van der Waals surface area contributed by atoms with Gasteiger partial charge in [-0.3, -0.25) is 0 Å². The minimum atomic E-state index is 0. The molecule has 0 aliphatic rings. The molecule has 0 saturated carbocycles. The summed E-state index contributed by atoms with van der Waals surface area (Å²) in [4.78, 5) is 0. The van der Waals surface area contributed by atoms with Gasteiger partial charge in [0.25, 0.3) is 0 Å². The second-order valence-corrected chi connectivity index (χ2v) is 1.57. The van der Waals surface area contributed by atoms with E-state index >= 15 is 0 Å². The summed E-state index contributed by atoms with van der Waals surface area (Å²) in [6, 6.07) is 0. The van der Waals surface area contributed by atoms with Crippen LogP contribution in [0.1, 0.15) is 0 Å². The topological polar surface area (TPSA) is 9.23 Å². The van der Waals surface area contributed by atoms with E-state index in [9.17, 15) is 0 Å². The van der Waals surface area contributed by atoms with Crippen molar-refractivity contribution in [1.82, 2.24) is 0 Å². The molecule has 0 fully saturated rings. The van der Waals surface area contributed by atoms with Crippen LogP contribution in [0.15, 0.2) is 0 Å². The van der Waals surface area contributed by atoms with Gasteiger partial charge in [-0.05, 0) is 0 Å². The molecule has 0 rings (SSSR count). The van der Waals surface area contributed by atoms with Crippen LogP contribution in [0.5, 0.6) is 0 Å². The minimum absolute atomic E-state index is 0. The van der Waals surface area contributed by atoms with Gasteiger partial charge < -0.3 is 0 Å². The molecule has 0 heterocycles. The van der Waals surface area contributed by atoms with Gasteiger partial charge in [0.05, 0.1) is 0 Å². The van der Waals surface area contributed by atoms with Crippen molar-refractivity contribution in [2.24, 2.45) is 0 Å². The minimum Gasteiger partial charge on any atom is -0.230 e. The summed E-state index contributed by atoms with van der Waals surface area (Å²) in [5, 5.41) is 0. The van der Waals surface area contributed by atoms with Crippen molar-refractivity contribution in [1.29, 1.82) is 0 Å².